The number of imide groups is 2. The van der Waals surface area contributed by atoms with Crippen molar-refractivity contribution in [3.8, 4) is 12.1 Å². The molecule has 4 amide bonds. The van der Waals surface area contributed by atoms with Crippen LogP contribution in [0.4, 0.5) is 0 Å². The van der Waals surface area contributed by atoms with Gasteiger partial charge in [0.15, 0.2) is 0 Å². The number of benzene rings is 3. The van der Waals surface area contributed by atoms with Crippen molar-refractivity contribution in [1.82, 2.24) is 9.80 Å². The minimum absolute atomic E-state index is 0.204. The quantitative estimate of drug-likeness (QED) is 0.391. The van der Waals surface area contributed by atoms with Crippen molar-refractivity contribution in [2.75, 3.05) is 13.1 Å². The third-order valence-corrected chi connectivity index (χ3v) is 8.22. The molecular formula is C30H18N4O4. The van der Waals surface area contributed by atoms with Crippen LogP contribution in [0.5, 0.6) is 0 Å². The Morgan fingerprint density at radius 2 is 1.61 bits per heavy atom. The van der Waals surface area contributed by atoms with E-state index in [0.29, 0.717) is 66.9 Å². The molecule has 1 atom stereocenters. The second-order valence-electron chi connectivity index (χ2n) is 9.75. The summed E-state index contributed by atoms with van der Waals surface area (Å²) in [5.74, 6) is -2.40. The fourth-order valence-corrected chi connectivity index (χ4v) is 6.69. The summed E-state index contributed by atoms with van der Waals surface area (Å²) in [6, 6.07) is 9.46. The van der Waals surface area contributed by atoms with E-state index in [2.05, 4.69) is 12.1 Å². The van der Waals surface area contributed by atoms with Crippen LogP contribution in [0.15, 0.2) is 30.4 Å². The highest BCUT2D eigenvalue weighted by molar-refractivity contribution is 6.37. The summed E-state index contributed by atoms with van der Waals surface area (Å²) in [5.41, 5.74) is 4.01. The third-order valence-electron chi connectivity index (χ3n) is 8.22. The molecule has 4 aliphatic rings. The number of carbonyl (C=O) groups excluding carboxylic acids is 4. The Balaban J connectivity index is 1.73. The van der Waals surface area contributed by atoms with Gasteiger partial charge in [0.2, 0.25) is 5.91 Å². The van der Waals surface area contributed by atoms with E-state index < -0.39 is 11.8 Å². The Hall–Kier alpha value is -5.08. The Morgan fingerprint density at radius 3 is 2.29 bits per heavy atom. The summed E-state index contributed by atoms with van der Waals surface area (Å²) < 4.78 is 0. The first kappa shape index (κ1) is 22.1. The smallest absolute Gasteiger partial charge is 0.261 e. The van der Waals surface area contributed by atoms with Crippen molar-refractivity contribution in [3.63, 3.8) is 0 Å². The number of likely N-dealkylation sites (N-methyl/N-ethyl adjacent to an activating group) is 2. The second-order valence-corrected chi connectivity index (χ2v) is 9.75. The van der Waals surface area contributed by atoms with Gasteiger partial charge in [0.25, 0.3) is 17.7 Å². The SMILES string of the molecule is CCN1C(=O)C2=CCc3c4c5c6c(ccc5c5c(C#N)cc(c2c35)C1=O)C(=O)N(CC)C(=O)C6C=C4C#N. The van der Waals surface area contributed by atoms with Gasteiger partial charge in [-0.25, -0.2) is 0 Å². The number of hydrogen-bond acceptors (Lipinski definition) is 6. The van der Waals surface area contributed by atoms with E-state index in [0.717, 1.165) is 0 Å². The number of rotatable bonds is 2. The second kappa shape index (κ2) is 7.24. The van der Waals surface area contributed by atoms with E-state index in [1.54, 1.807) is 38.1 Å². The van der Waals surface area contributed by atoms with Crippen LogP contribution in [0.25, 0.3) is 32.7 Å². The largest absolute Gasteiger partial charge is 0.278 e. The van der Waals surface area contributed by atoms with E-state index in [-0.39, 0.29) is 41.9 Å². The van der Waals surface area contributed by atoms with Crippen LogP contribution >= 0.6 is 0 Å². The minimum atomic E-state index is -0.794. The minimum Gasteiger partial charge on any atom is -0.278 e. The normalized spacial score (nSPS) is 19.0. The highest BCUT2D eigenvalue weighted by Gasteiger charge is 2.44. The Kier molecular flexibility index (Phi) is 4.22. The van der Waals surface area contributed by atoms with Gasteiger partial charge in [0.1, 0.15) is 0 Å². The molecule has 3 aromatic rings. The van der Waals surface area contributed by atoms with Gasteiger partial charge in [-0.15, -0.1) is 0 Å². The van der Waals surface area contributed by atoms with E-state index in [1.165, 1.54) is 15.9 Å². The predicted octanol–water partition coefficient (Wildman–Crippen LogP) is 3.81. The number of hydrogen-bond donors (Lipinski definition) is 0. The molecule has 1 unspecified atom stereocenters. The van der Waals surface area contributed by atoms with Crippen LogP contribution in [-0.4, -0.2) is 46.5 Å². The molecule has 0 aromatic heterocycles. The molecule has 8 nitrogen and oxygen atoms in total. The molecule has 8 heteroatoms. The fourth-order valence-electron chi connectivity index (χ4n) is 6.69. The molecule has 0 N–H and O–H groups in total. The van der Waals surface area contributed by atoms with Crippen LogP contribution in [0.3, 0.4) is 0 Å². The predicted molar refractivity (Wildman–Crippen MR) is 138 cm³/mol. The average Bonchev–Trinajstić information content (AvgIpc) is 2.93. The zero-order valence-corrected chi connectivity index (χ0v) is 20.5. The molecule has 38 heavy (non-hydrogen) atoms. The molecule has 2 aliphatic carbocycles. The molecule has 0 spiro atoms. The molecule has 3 aromatic carbocycles. The fraction of sp³-hybridized carbons (Fsp3) is 0.200. The highest BCUT2D eigenvalue weighted by Crippen LogP contribution is 2.52. The molecule has 182 valence electrons. The Morgan fingerprint density at radius 1 is 0.868 bits per heavy atom. The Bertz CT molecular complexity index is 1930. The summed E-state index contributed by atoms with van der Waals surface area (Å²) >= 11 is 0. The van der Waals surface area contributed by atoms with E-state index in [9.17, 15) is 29.7 Å². The van der Waals surface area contributed by atoms with Crippen molar-refractivity contribution < 1.29 is 19.2 Å². The standard InChI is InChI=1S/C30H18N4O4/c1-3-33-27(35)17-7-5-15-22-14(12-32)10-20-24-18(28(36)34(4-2)30(20)38)8-6-16(26(22)24)21-13(11-31)9-19(29(33)37)23(17)25(15)21/h5,7-10,19H,3-4,6H2,1-2H3. The lowest BCUT2D eigenvalue weighted by molar-refractivity contribution is -0.129. The number of fused-ring (bicyclic) bond motifs is 2. The molecule has 2 aliphatic heterocycles. The third kappa shape index (κ3) is 2.33. The number of amides is 4. The number of allylic oxidation sites excluding steroid dienone is 2. The maximum atomic E-state index is 13.4. The summed E-state index contributed by atoms with van der Waals surface area (Å²) in [4.78, 5) is 55.7. The molecule has 2 heterocycles. The van der Waals surface area contributed by atoms with Crippen molar-refractivity contribution in [2.24, 2.45) is 0 Å². The van der Waals surface area contributed by atoms with Gasteiger partial charge in [-0.3, -0.25) is 29.0 Å². The lowest BCUT2D eigenvalue weighted by Gasteiger charge is -2.36. The molecule has 0 radical (unpaired) electrons. The molecular weight excluding hydrogens is 480 g/mol. The van der Waals surface area contributed by atoms with Crippen LogP contribution in [0, 0.1) is 22.7 Å². The van der Waals surface area contributed by atoms with E-state index in [1.807, 2.05) is 0 Å². The molecule has 0 saturated heterocycles. The topological polar surface area (TPSA) is 122 Å². The van der Waals surface area contributed by atoms with Gasteiger partial charge in [0.05, 0.1) is 29.2 Å². The molecule has 0 bridgehead atoms. The maximum absolute atomic E-state index is 13.4. The van der Waals surface area contributed by atoms with Crippen LogP contribution < -0.4 is 0 Å². The van der Waals surface area contributed by atoms with Crippen molar-refractivity contribution in [2.45, 2.75) is 26.2 Å². The maximum Gasteiger partial charge on any atom is 0.261 e. The highest BCUT2D eigenvalue weighted by atomic mass is 16.2. The summed E-state index contributed by atoms with van der Waals surface area (Å²) in [6.45, 7) is 3.88. The van der Waals surface area contributed by atoms with Gasteiger partial charge in [-0.05, 0) is 65.8 Å². The Labute approximate surface area is 216 Å². The number of carbonyl (C=O) groups is 4. The van der Waals surface area contributed by atoms with Gasteiger partial charge in [-0.1, -0.05) is 12.1 Å². The summed E-state index contributed by atoms with van der Waals surface area (Å²) in [5, 5.41) is 22.9. The van der Waals surface area contributed by atoms with Gasteiger partial charge >= 0.3 is 0 Å². The van der Waals surface area contributed by atoms with Crippen LogP contribution in [0.2, 0.25) is 0 Å². The molecule has 0 fully saturated rings. The van der Waals surface area contributed by atoms with Crippen molar-refractivity contribution in [1.29, 1.82) is 10.5 Å². The first-order chi connectivity index (χ1) is 18.4. The number of nitrogens with zero attached hydrogens (tertiary/aromatic N) is 4. The van der Waals surface area contributed by atoms with Crippen LogP contribution in [-0.2, 0) is 16.0 Å². The molecule has 0 saturated carbocycles. The number of nitriles is 2. The van der Waals surface area contributed by atoms with E-state index >= 15 is 0 Å². The van der Waals surface area contributed by atoms with Crippen molar-refractivity contribution in [3.05, 3.63) is 69.3 Å². The van der Waals surface area contributed by atoms with E-state index in [4.69, 9.17) is 0 Å². The first-order valence-corrected chi connectivity index (χ1v) is 12.4. The first-order valence-electron chi connectivity index (χ1n) is 12.4. The van der Waals surface area contributed by atoms with Gasteiger partial charge in [-0.2, -0.15) is 10.5 Å². The van der Waals surface area contributed by atoms with Gasteiger partial charge in [0, 0.05) is 46.3 Å². The zero-order valence-electron chi connectivity index (χ0n) is 20.5. The lowest BCUT2D eigenvalue weighted by Crippen LogP contribution is -2.44. The zero-order chi connectivity index (χ0) is 26.6. The van der Waals surface area contributed by atoms with Crippen LogP contribution in [0.1, 0.15) is 68.3 Å². The molecule has 7 rings (SSSR count). The summed E-state index contributed by atoms with van der Waals surface area (Å²) in [6.07, 6.45) is 3.69. The van der Waals surface area contributed by atoms with Gasteiger partial charge < -0.3 is 0 Å². The monoisotopic (exact) mass is 498 g/mol. The lowest BCUT2D eigenvalue weighted by atomic mass is 9.71. The van der Waals surface area contributed by atoms with Crippen molar-refractivity contribution >= 4 is 56.3 Å². The summed E-state index contributed by atoms with van der Waals surface area (Å²) in [7, 11) is 0. The average molecular weight is 498 g/mol.